The van der Waals surface area contributed by atoms with Gasteiger partial charge in [0.15, 0.2) is 0 Å². The number of nitrogens with zero attached hydrogens (tertiary/aromatic N) is 2. The minimum absolute atomic E-state index is 0.120. The topological polar surface area (TPSA) is 102 Å². The summed E-state index contributed by atoms with van der Waals surface area (Å²) in [6, 6.07) is 4.37. The number of aryl methyl sites for hydroxylation is 1. The van der Waals surface area contributed by atoms with E-state index in [9.17, 15) is 14.6 Å². The summed E-state index contributed by atoms with van der Waals surface area (Å²) in [7, 11) is 0. The molecule has 7 nitrogen and oxygen atoms in total. The second kappa shape index (κ2) is 10.1. The molecule has 0 atom stereocenters. The van der Waals surface area contributed by atoms with E-state index in [1.165, 1.54) is 57.1 Å². The molecule has 0 aliphatic rings. The largest absolute Gasteiger partial charge is 0.456 e. The van der Waals surface area contributed by atoms with Gasteiger partial charge in [0.1, 0.15) is 33.7 Å². The SMILES string of the molecule is CCCCCCCCCCCc1cc2oc3cc(N=O)c(N=O)cc3c2c(=O)o1. The summed E-state index contributed by atoms with van der Waals surface area (Å²) in [5.41, 5.74) is -0.0911. The third-order valence-electron chi connectivity index (χ3n) is 5.26. The van der Waals surface area contributed by atoms with Crippen LogP contribution in [0, 0.1) is 9.81 Å². The fourth-order valence-corrected chi connectivity index (χ4v) is 3.68. The van der Waals surface area contributed by atoms with Gasteiger partial charge < -0.3 is 8.83 Å². The average molecular weight is 398 g/mol. The Balaban J connectivity index is 1.65. The zero-order valence-electron chi connectivity index (χ0n) is 16.7. The predicted molar refractivity (Wildman–Crippen MR) is 114 cm³/mol. The van der Waals surface area contributed by atoms with Crippen molar-refractivity contribution in [1.82, 2.24) is 0 Å². The average Bonchev–Trinajstić information content (AvgIpc) is 3.09. The molecule has 0 aliphatic heterocycles. The van der Waals surface area contributed by atoms with Crippen molar-refractivity contribution in [3.63, 3.8) is 0 Å². The highest BCUT2D eigenvalue weighted by atomic mass is 16.4. The Morgan fingerprint density at radius 3 is 2.03 bits per heavy atom. The van der Waals surface area contributed by atoms with Crippen LogP contribution in [0.1, 0.15) is 70.5 Å². The Kier molecular flexibility index (Phi) is 7.27. The van der Waals surface area contributed by atoms with E-state index in [4.69, 9.17) is 8.83 Å². The minimum Gasteiger partial charge on any atom is -0.456 e. The zero-order valence-corrected chi connectivity index (χ0v) is 16.7. The molecule has 3 aromatic rings. The van der Waals surface area contributed by atoms with Crippen molar-refractivity contribution in [3.05, 3.63) is 44.2 Å². The van der Waals surface area contributed by atoms with E-state index in [1.807, 2.05) is 0 Å². The van der Waals surface area contributed by atoms with Crippen LogP contribution >= 0.6 is 0 Å². The number of hydrogen-bond acceptors (Lipinski definition) is 7. The molecule has 7 heteroatoms. The second-order valence-electron chi connectivity index (χ2n) is 7.44. The van der Waals surface area contributed by atoms with Gasteiger partial charge in [0.25, 0.3) is 0 Å². The standard InChI is InChI=1S/C22H26N2O5/c1-2-3-4-5-6-7-8-9-10-11-15-12-20-21(22(25)28-15)16-13-17(23-26)18(24-27)14-19(16)29-20/h12-14H,2-11H2,1H3. The summed E-state index contributed by atoms with van der Waals surface area (Å²) in [5.74, 6) is 0.576. The molecule has 0 aliphatic carbocycles. The van der Waals surface area contributed by atoms with Gasteiger partial charge in [-0.05, 0) is 22.8 Å². The maximum absolute atomic E-state index is 12.5. The van der Waals surface area contributed by atoms with Crippen molar-refractivity contribution >= 4 is 33.3 Å². The number of hydrogen-bond donors (Lipinski definition) is 0. The van der Waals surface area contributed by atoms with Crippen molar-refractivity contribution in [2.24, 2.45) is 10.4 Å². The van der Waals surface area contributed by atoms with Crippen LogP contribution in [0.5, 0.6) is 0 Å². The van der Waals surface area contributed by atoms with Gasteiger partial charge in [0.2, 0.25) is 0 Å². The molecule has 0 radical (unpaired) electrons. The Morgan fingerprint density at radius 1 is 0.759 bits per heavy atom. The zero-order chi connectivity index (χ0) is 20.6. The molecule has 2 aromatic heterocycles. The van der Waals surface area contributed by atoms with Gasteiger partial charge in [-0.3, -0.25) is 0 Å². The van der Waals surface area contributed by atoms with E-state index in [-0.39, 0.29) is 16.8 Å². The van der Waals surface area contributed by atoms with Crippen LogP contribution in [0.2, 0.25) is 0 Å². The van der Waals surface area contributed by atoms with Gasteiger partial charge in [0.05, 0.1) is 0 Å². The van der Waals surface area contributed by atoms with Crippen LogP contribution in [-0.2, 0) is 6.42 Å². The van der Waals surface area contributed by atoms with Crippen molar-refractivity contribution in [3.8, 4) is 0 Å². The first-order valence-electron chi connectivity index (χ1n) is 10.4. The van der Waals surface area contributed by atoms with E-state index >= 15 is 0 Å². The first-order valence-corrected chi connectivity index (χ1v) is 10.4. The van der Waals surface area contributed by atoms with Crippen LogP contribution in [-0.4, -0.2) is 0 Å². The summed E-state index contributed by atoms with van der Waals surface area (Å²) < 4.78 is 11.2. The molecule has 154 valence electrons. The van der Waals surface area contributed by atoms with Crippen molar-refractivity contribution in [2.45, 2.75) is 71.1 Å². The van der Waals surface area contributed by atoms with Crippen molar-refractivity contribution in [1.29, 1.82) is 0 Å². The number of benzene rings is 1. The number of fused-ring (bicyclic) bond motifs is 3. The lowest BCUT2D eigenvalue weighted by molar-refractivity contribution is 0.452. The Bertz CT molecular complexity index is 1050. The fourth-order valence-electron chi connectivity index (χ4n) is 3.68. The van der Waals surface area contributed by atoms with Gasteiger partial charge in [-0.2, -0.15) is 0 Å². The molecule has 0 unspecified atom stereocenters. The van der Waals surface area contributed by atoms with Crippen LogP contribution in [0.15, 0.2) is 42.2 Å². The molecule has 1 aromatic carbocycles. The summed E-state index contributed by atoms with van der Waals surface area (Å²) in [5, 5.41) is 6.22. The molecular formula is C22H26N2O5. The molecule has 29 heavy (non-hydrogen) atoms. The molecule has 0 amide bonds. The minimum atomic E-state index is -0.518. The highest BCUT2D eigenvalue weighted by Gasteiger charge is 2.17. The summed E-state index contributed by atoms with van der Waals surface area (Å²) in [6.45, 7) is 2.22. The van der Waals surface area contributed by atoms with Crippen molar-refractivity contribution < 1.29 is 8.83 Å². The van der Waals surface area contributed by atoms with E-state index < -0.39 is 5.63 Å². The van der Waals surface area contributed by atoms with Gasteiger partial charge >= 0.3 is 5.63 Å². The first kappa shape index (κ1) is 20.9. The van der Waals surface area contributed by atoms with Crippen molar-refractivity contribution in [2.75, 3.05) is 0 Å². The molecular weight excluding hydrogens is 372 g/mol. The number of nitroso groups, excluding NO2 is 2. The van der Waals surface area contributed by atoms with Gasteiger partial charge in [-0.1, -0.05) is 58.3 Å². The number of unbranched alkanes of at least 4 members (excludes halogenated alkanes) is 8. The number of furan rings is 1. The normalized spacial score (nSPS) is 11.3. The lowest BCUT2D eigenvalue weighted by atomic mass is 10.1. The third-order valence-corrected chi connectivity index (χ3v) is 5.26. The molecule has 2 heterocycles. The maximum Gasteiger partial charge on any atom is 0.347 e. The van der Waals surface area contributed by atoms with Crippen LogP contribution < -0.4 is 5.63 Å². The molecule has 0 saturated heterocycles. The molecule has 0 saturated carbocycles. The molecule has 0 N–H and O–H groups in total. The molecule has 3 rings (SSSR count). The highest BCUT2D eigenvalue weighted by Crippen LogP contribution is 2.37. The van der Waals surface area contributed by atoms with E-state index in [0.29, 0.717) is 28.7 Å². The quantitative estimate of drug-likeness (QED) is 0.233. The lowest BCUT2D eigenvalue weighted by Crippen LogP contribution is -2.01. The lowest BCUT2D eigenvalue weighted by Gasteiger charge is -2.02. The predicted octanol–water partition coefficient (Wildman–Crippen LogP) is 7.41. The van der Waals surface area contributed by atoms with E-state index in [0.717, 1.165) is 12.8 Å². The Morgan fingerprint density at radius 2 is 1.38 bits per heavy atom. The fraction of sp³-hybridized carbons (Fsp3) is 0.500. The summed E-state index contributed by atoms with van der Waals surface area (Å²) in [4.78, 5) is 34.2. The summed E-state index contributed by atoms with van der Waals surface area (Å²) in [6.07, 6.45) is 11.7. The third kappa shape index (κ3) is 4.96. The van der Waals surface area contributed by atoms with Crippen LogP contribution in [0.3, 0.4) is 0 Å². The first-order chi connectivity index (χ1) is 14.2. The summed E-state index contributed by atoms with van der Waals surface area (Å²) >= 11 is 0. The Hall–Kier alpha value is -2.83. The highest BCUT2D eigenvalue weighted by molar-refractivity contribution is 6.06. The van der Waals surface area contributed by atoms with Gasteiger partial charge in [-0.15, -0.1) is 9.81 Å². The van der Waals surface area contributed by atoms with E-state index in [2.05, 4.69) is 17.3 Å². The smallest absolute Gasteiger partial charge is 0.347 e. The van der Waals surface area contributed by atoms with Crippen LogP contribution in [0.25, 0.3) is 21.9 Å². The monoisotopic (exact) mass is 398 g/mol. The van der Waals surface area contributed by atoms with Crippen LogP contribution in [0.4, 0.5) is 11.4 Å². The molecule has 0 fully saturated rings. The van der Waals surface area contributed by atoms with E-state index in [1.54, 1.807) is 6.07 Å². The second-order valence-corrected chi connectivity index (χ2v) is 7.44. The molecule has 0 bridgehead atoms. The van der Waals surface area contributed by atoms with Gasteiger partial charge in [-0.25, -0.2) is 4.79 Å². The van der Waals surface area contributed by atoms with Gasteiger partial charge in [0, 0.05) is 23.9 Å². The molecule has 0 spiro atoms. The maximum atomic E-state index is 12.5. The number of rotatable bonds is 12. The Labute approximate surface area is 168 Å².